The van der Waals surface area contributed by atoms with E-state index in [0.717, 1.165) is 135 Å². The number of carboxylic acids is 1. The number of quaternary nitrogens is 1. The number of hydrogen-bond donors (Lipinski definition) is 0. The highest BCUT2D eigenvalue weighted by Crippen LogP contribution is 2.15. The molecule has 0 saturated carbocycles. The minimum Gasteiger partial charge on any atom is -0.545 e. The molecule has 81 heavy (non-hydrogen) atoms. The molecule has 0 N–H and O–H groups in total. The fraction of sp³-hybridized carbons (Fsp3) is 0.625. The van der Waals surface area contributed by atoms with Crippen LogP contribution < -0.4 is 5.11 Å². The van der Waals surface area contributed by atoms with Gasteiger partial charge in [-0.15, -0.1) is 0 Å². The van der Waals surface area contributed by atoms with Gasteiger partial charge in [0.25, 0.3) is 0 Å². The maximum atomic E-state index is 12.9. The van der Waals surface area contributed by atoms with Crippen LogP contribution in [0.5, 0.6) is 0 Å². The lowest BCUT2D eigenvalue weighted by Crippen LogP contribution is -2.44. The molecule has 0 saturated heterocycles. The van der Waals surface area contributed by atoms with Gasteiger partial charge in [-0.05, 0) is 116 Å². The predicted octanol–water partition coefficient (Wildman–Crippen LogP) is 18.2. The molecular weight excluding hydrogens is 1010 g/mol. The highest BCUT2D eigenvalue weighted by atomic mass is 16.7. The van der Waals surface area contributed by atoms with Gasteiger partial charge in [0.1, 0.15) is 13.2 Å². The van der Waals surface area contributed by atoms with Gasteiger partial charge in [0.15, 0.2) is 12.4 Å². The van der Waals surface area contributed by atoms with Crippen molar-refractivity contribution in [2.75, 3.05) is 47.5 Å². The number of carbonyl (C=O) groups excluding carboxylic acids is 3. The third kappa shape index (κ3) is 62.6. The number of nitrogens with zero attached hydrogens (tertiary/aromatic N) is 1. The first-order valence-corrected chi connectivity index (χ1v) is 32.0. The average molecular weight is 1120 g/mol. The minimum atomic E-state index is -1.63. The van der Waals surface area contributed by atoms with Gasteiger partial charge in [-0.3, -0.25) is 9.59 Å². The highest BCUT2D eigenvalue weighted by Gasteiger charge is 2.22. The molecule has 9 heteroatoms. The molecule has 0 aliphatic carbocycles. The van der Waals surface area contributed by atoms with Crippen molar-refractivity contribution in [2.45, 2.75) is 245 Å². The van der Waals surface area contributed by atoms with Crippen molar-refractivity contribution >= 4 is 17.9 Å². The molecule has 9 nitrogen and oxygen atoms in total. The van der Waals surface area contributed by atoms with Crippen molar-refractivity contribution in [3.63, 3.8) is 0 Å². The Hall–Kier alpha value is -4.83. The summed E-state index contributed by atoms with van der Waals surface area (Å²) in [6, 6.07) is 0. The Morgan fingerprint density at radius 1 is 0.370 bits per heavy atom. The van der Waals surface area contributed by atoms with E-state index in [2.05, 4.69) is 160 Å². The molecule has 0 aromatic carbocycles. The molecule has 0 aromatic heterocycles. The summed E-state index contributed by atoms with van der Waals surface area (Å²) in [4.78, 5) is 37.4. The van der Waals surface area contributed by atoms with Gasteiger partial charge < -0.3 is 33.3 Å². The maximum Gasteiger partial charge on any atom is 0.306 e. The van der Waals surface area contributed by atoms with Gasteiger partial charge >= 0.3 is 11.9 Å². The fourth-order valence-electron chi connectivity index (χ4n) is 8.25. The summed E-state index contributed by atoms with van der Waals surface area (Å²) < 4.78 is 22.7. The van der Waals surface area contributed by atoms with Crippen molar-refractivity contribution in [2.24, 2.45) is 0 Å². The number of aliphatic carboxylic acids is 1. The summed E-state index contributed by atoms with van der Waals surface area (Å²) in [5.74, 6) is -2.31. The standard InChI is InChI=1S/C72H117NO8/c1-6-8-10-12-14-16-18-20-22-24-26-28-30-31-32-33-34-35-36-37-38-39-41-43-45-47-49-51-53-55-57-59-61-63-70(75)81-68(67-80-72(71(76)77)78-65-64-73(3,4)5)66-79-69(74)62-60-58-56-54-52-50-48-46-44-42-40-29-27-25-23-21-19-17-15-13-11-9-7-2/h8-11,14-17,20-23,26-29,31-32,34-35,37-38,42,44,68,72H,6-7,12-13,18-19,24-25,30,33,36,39-41,43,45-67H2,1-5H3/b10-8-,11-9-,16-14-,17-15-,22-20-,23-21-,28-26-,29-27-,32-31-,35-34-,38-37-,44-42-. The summed E-state index contributed by atoms with van der Waals surface area (Å²) in [6.07, 6.45) is 86.1. The first-order chi connectivity index (χ1) is 39.6. The molecular formula is C72H117NO8. The van der Waals surface area contributed by atoms with E-state index in [1.165, 1.54) is 64.2 Å². The third-order valence-corrected chi connectivity index (χ3v) is 13.1. The summed E-state index contributed by atoms with van der Waals surface area (Å²) in [5, 5.41) is 11.8. The molecule has 0 aliphatic rings. The average Bonchev–Trinajstić information content (AvgIpc) is 3.44. The van der Waals surface area contributed by atoms with Crippen LogP contribution in [0, 0.1) is 0 Å². The fourth-order valence-corrected chi connectivity index (χ4v) is 8.25. The molecule has 458 valence electrons. The lowest BCUT2D eigenvalue weighted by atomic mass is 10.0. The van der Waals surface area contributed by atoms with E-state index in [1.807, 2.05) is 21.1 Å². The van der Waals surface area contributed by atoms with Crippen LogP contribution in [-0.4, -0.2) is 82.3 Å². The van der Waals surface area contributed by atoms with E-state index in [4.69, 9.17) is 18.9 Å². The Morgan fingerprint density at radius 3 is 0.988 bits per heavy atom. The van der Waals surface area contributed by atoms with Crippen molar-refractivity contribution in [1.82, 2.24) is 0 Å². The molecule has 0 heterocycles. The van der Waals surface area contributed by atoms with Gasteiger partial charge in [0.05, 0.1) is 40.3 Å². The molecule has 2 atom stereocenters. The Kier molecular flexibility index (Phi) is 57.6. The maximum absolute atomic E-state index is 12.9. The van der Waals surface area contributed by atoms with Gasteiger partial charge in [-0.2, -0.15) is 0 Å². The van der Waals surface area contributed by atoms with E-state index >= 15 is 0 Å². The van der Waals surface area contributed by atoms with E-state index in [1.54, 1.807) is 0 Å². The number of esters is 2. The summed E-state index contributed by atoms with van der Waals surface area (Å²) in [6.45, 7) is 4.49. The molecule has 0 bridgehead atoms. The van der Waals surface area contributed by atoms with Crippen LogP contribution in [0.2, 0.25) is 0 Å². The SMILES string of the molecule is CC/C=C\C/C=C\C/C=C\C/C=C\C/C=C\C/C=C\C/C=C\CCCCCCCCCCCCCC(=O)OC(COC(=O)CCCCCCCCC/C=C\C/C=C\C/C=C\C/C=C\C/C=C\CC)COC(OCC[N+](C)(C)C)C(=O)[O-]. The van der Waals surface area contributed by atoms with Crippen LogP contribution in [0.1, 0.15) is 232 Å². The smallest absolute Gasteiger partial charge is 0.306 e. The summed E-state index contributed by atoms with van der Waals surface area (Å²) >= 11 is 0. The Balaban J connectivity index is 4.24. The van der Waals surface area contributed by atoms with Crippen molar-refractivity contribution < 1.29 is 42.9 Å². The van der Waals surface area contributed by atoms with Crippen LogP contribution in [-0.2, 0) is 33.3 Å². The van der Waals surface area contributed by atoms with Crippen LogP contribution in [0.25, 0.3) is 0 Å². The van der Waals surface area contributed by atoms with Gasteiger partial charge in [0, 0.05) is 12.8 Å². The Morgan fingerprint density at radius 2 is 0.667 bits per heavy atom. The zero-order valence-electron chi connectivity index (χ0n) is 52.1. The monoisotopic (exact) mass is 1120 g/mol. The second kappa shape index (κ2) is 61.2. The molecule has 0 amide bonds. The quantitative estimate of drug-likeness (QED) is 0.0195. The summed E-state index contributed by atoms with van der Waals surface area (Å²) in [7, 11) is 5.91. The van der Waals surface area contributed by atoms with Crippen LogP contribution >= 0.6 is 0 Å². The van der Waals surface area contributed by atoms with Gasteiger partial charge in [0.2, 0.25) is 0 Å². The first-order valence-electron chi connectivity index (χ1n) is 32.0. The zero-order chi connectivity index (χ0) is 59.1. The lowest BCUT2D eigenvalue weighted by molar-refractivity contribution is -0.870. The van der Waals surface area contributed by atoms with E-state index in [-0.39, 0.29) is 38.6 Å². The van der Waals surface area contributed by atoms with Gasteiger partial charge in [-0.25, -0.2) is 0 Å². The number of carboxylic acid groups (broad SMARTS) is 1. The number of ether oxygens (including phenoxy) is 4. The van der Waals surface area contributed by atoms with Crippen molar-refractivity contribution in [3.8, 4) is 0 Å². The Labute approximate surface area is 496 Å². The van der Waals surface area contributed by atoms with E-state index < -0.39 is 24.3 Å². The van der Waals surface area contributed by atoms with Crippen LogP contribution in [0.4, 0.5) is 0 Å². The lowest BCUT2D eigenvalue weighted by Gasteiger charge is -2.26. The summed E-state index contributed by atoms with van der Waals surface area (Å²) in [5.41, 5.74) is 0. The van der Waals surface area contributed by atoms with Gasteiger partial charge in [-0.1, -0.05) is 250 Å². The third-order valence-electron chi connectivity index (χ3n) is 13.1. The molecule has 0 fully saturated rings. The van der Waals surface area contributed by atoms with E-state index in [9.17, 15) is 19.5 Å². The largest absolute Gasteiger partial charge is 0.545 e. The number of carbonyl (C=O) groups is 3. The topological polar surface area (TPSA) is 111 Å². The molecule has 0 spiro atoms. The van der Waals surface area contributed by atoms with Crippen LogP contribution in [0.3, 0.4) is 0 Å². The molecule has 2 unspecified atom stereocenters. The number of allylic oxidation sites excluding steroid dienone is 24. The molecule has 0 rings (SSSR count). The second-order valence-electron chi connectivity index (χ2n) is 21.9. The molecule has 0 aliphatic heterocycles. The minimum absolute atomic E-state index is 0.137. The van der Waals surface area contributed by atoms with E-state index in [0.29, 0.717) is 17.4 Å². The van der Waals surface area contributed by atoms with Crippen molar-refractivity contribution in [3.05, 3.63) is 146 Å². The molecule has 0 radical (unpaired) electrons. The first kappa shape index (κ1) is 76.2. The predicted molar refractivity (Wildman–Crippen MR) is 342 cm³/mol. The van der Waals surface area contributed by atoms with Crippen molar-refractivity contribution in [1.29, 1.82) is 0 Å². The number of likely N-dealkylation sites (N-methyl/N-ethyl adjacent to an activating group) is 1. The normalized spacial score (nSPS) is 13.7. The molecule has 0 aromatic rings. The number of unbranched alkanes of at least 4 members (excludes halogenated alkanes) is 18. The second-order valence-corrected chi connectivity index (χ2v) is 21.9. The number of rotatable bonds is 57. The number of hydrogen-bond acceptors (Lipinski definition) is 8. The Bertz CT molecular complexity index is 1840. The van der Waals surface area contributed by atoms with Crippen LogP contribution in [0.15, 0.2) is 146 Å². The zero-order valence-corrected chi connectivity index (χ0v) is 52.1. The highest BCUT2D eigenvalue weighted by molar-refractivity contribution is 5.70.